The molecule has 0 saturated heterocycles. The molecule has 4 rings (SSSR count). The Morgan fingerprint density at radius 1 is 1.43 bits per heavy atom. The lowest BCUT2D eigenvalue weighted by atomic mass is 9.88. The molecular formula is C20H19N5OS2. The van der Waals surface area contributed by atoms with Crippen LogP contribution in [0.1, 0.15) is 45.3 Å². The van der Waals surface area contributed by atoms with Gasteiger partial charge in [0, 0.05) is 16.2 Å². The van der Waals surface area contributed by atoms with E-state index in [9.17, 15) is 10.1 Å². The first kappa shape index (κ1) is 18.7. The van der Waals surface area contributed by atoms with Crippen molar-refractivity contribution in [3.8, 4) is 6.07 Å². The number of hydrogen-bond acceptors (Lipinski definition) is 6. The molecule has 1 aromatic carbocycles. The van der Waals surface area contributed by atoms with Crippen LogP contribution in [0.2, 0.25) is 0 Å². The van der Waals surface area contributed by atoms with Gasteiger partial charge in [-0.05, 0) is 48.4 Å². The maximum absolute atomic E-state index is 12.7. The molecule has 2 heterocycles. The number of carbonyl (C=O) groups is 1. The van der Waals surface area contributed by atoms with Crippen LogP contribution in [0.3, 0.4) is 0 Å². The minimum Gasteiger partial charge on any atom is -0.312 e. The molecule has 0 bridgehead atoms. The lowest BCUT2D eigenvalue weighted by molar-refractivity contribution is 0.102. The van der Waals surface area contributed by atoms with Crippen LogP contribution in [-0.2, 0) is 18.6 Å². The smallest absolute Gasteiger partial charge is 0.256 e. The summed E-state index contributed by atoms with van der Waals surface area (Å²) in [5.41, 5.74) is 3.44. The number of benzene rings is 1. The Morgan fingerprint density at radius 2 is 2.25 bits per heavy atom. The predicted molar refractivity (Wildman–Crippen MR) is 111 cm³/mol. The van der Waals surface area contributed by atoms with Crippen LogP contribution in [0.4, 0.5) is 5.00 Å². The molecule has 28 heavy (non-hydrogen) atoms. The lowest BCUT2D eigenvalue weighted by Crippen LogP contribution is -2.12. The Balaban J connectivity index is 1.44. The van der Waals surface area contributed by atoms with Crippen LogP contribution in [0.15, 0.2) is 35.7 Å². The molecule has 0 saturated carbocycles. The summed E-state index contributed by atoms with van der Waals surface area (Å²) in [7, 11) is 0. The highest BCUT2D eigenvalue weighted by Gasteiger charge is 2.24. The zero-order valence-electron chi connectivity index (χ0n) is 15.4. The number of carbonyl (C=O) groups excluding carboxylic acids is 1. The van der Waals surface area contributed by atoms with Gasteiger partial charge in [0.05, 0.1) is 5.56 Å². The van der Waals surface area contributed by atoms with Gasteiger partial charge in [0.2, 0.25) is 0 Å². The summed E-state index contributed by atoms with van der Waals surface area (Å²) in [4.78, 5) is 18.0. The molecule has 8 heteroatoms. The number of nitrogens with one attached hydrogen (secondary N) is 2. The van der Waals surface area contributed by atoms with Crippen LogP contribution >= 0.6 is 23.1 Å². The number of rotatable bonds is 5. The number of hydrogen-bond donors (Lipinski definition) is 2. The van der Waals surface area contributed by atoms with Crippen LogP contribution < -0.4 is 5.32 Å². The van der Waals surface area contributed by atoms with Crippen LogP contribution in [-0.4, -0.2) is 21.1 Å². The van der Waals surface area contributed by atoms with E-state index in [0.29, 0.717) is 22.0 Å². The second-order valence-electron chi connectivity index (χ2n) is 6.90. The van der Waals surface area contributed by atoms with E-state index in [2.05, 4.69) is 33.5 Å². The first-order chi connectivity index (χ1) is 13.6. The van der Waals surface area contributed by atoms with E-state index in [-0.39, 0.29) is 5.91 Å². The molecule has 2 N–H and O–H groups in total. The monoisotopic (exact) mass is 409 g/mol. The third-order valence-electron chi connectivity index (χ3n) is 4.84. The van der Waals surface area contributed by atoms with Gasteiger partial charge in [0.25, 0.3) is 5.91 Å². The van der Waals surface area contributed by atoms with Crippen molar-refractivity contribution in [3.05, 3.63) is 57.7 Å². The predicted octanol–water partition coefficient (Wildman–Crippen LogP) is 4.41. The summed E-state index contributed by atoms with van der Waals surface area (Å²) in [6.07, 6.45) is 4.49. The van der Waals surface area contributed by atoms with Gasteiger partial charge in [-0.3, -0.25) is 9.89 Å². The Bertz CT molecular complexity index is 1020. The van der Waals surface area contributed by atoms with E-state index in [1.165, 1.54) is 11.2 Å². The minimum atomic E-state index is -0.183. The Labute approximate surface area is 171 Å². The number of H-pyrrole nitrogens is 1. The third-order valence-corrected chi connectivity index (χ3v) is 6.95. The molecule has 0 aliphatic heterocycles. The van der Waals surface area contributed by atoms with Crippen molar-refractivity contribution in [1.29, 1.82) is 5.26 Å². The van der Waals surface area contributed by atoms with Crippen molar-refractivity contribution in [2.75, 3.05) is 5.32 Å². The maximum Gasteiger partial charge on any atom is 0.256 e. The Hall–Kier alpha value is -2.63. The second kappa shape index (κ2) is 8.17. The molecule has 1 aliphatic rings. The summed E-state index contributed by atoms with van der Waals surface area (Å²) >= 11 is 3.10. The minimum absolute atomic E-state index is 0.183. The van der Waals surface area contributed by atoms with Crippen molar-refractivity contribution in [3.63, 3.8) is 0 Å². The highest BCUT2D eigenvalue weighted by atomic mass is 32.2. The Kier molecular flexibility index (Phi) is 5.46. The fourth-order valence-corrected chi connectivity index (χ4v) is 5.39. The van der Waals surface area contributed by atoms with E-state index >= 15 is 0 Å². The summed E-state index contributed by atoms with van der Waals surface area (Å²) in [5, 5.41) is 20.6. The number of thioether (sulfide) groups is 1. The second-order valence-corrected chi connectivity index (χ2v) is 8.97. The molecule has 0 radical (unpaired) electrons. The van der Waals surface area contributed by atoms with Crippen LogP contribution in [0.25, 0.3) is 0 Å². The molecule has 0 unspecified atom stereocenters. The molecule has 1 aliphatic carbocycles. The van der Waals surface area contributed by atoms with Gasteiger partial charge in [0.1, 0.15) is 17.4 Å². The van der Waals surface area contributed by atoms with Crippen molar-refractivity contribution in [2.24, 2.45) is 5.92 Å². The third kappa shape index (κ3) is 3.96. The lowest BCUT2D eigenvalue weighted by Gasteiger charge is -2.17. The topological polar surface area (TPSA) is 94.5 Å². The van der Waals surface area contributed by atoms with Crippen molar-refractivity contribution >= 4 is 34.0 Å². The fourth-order valence-electron chi connectivity index (χ4n) is 3.30. The highest BCUT2D eigenvalue weighted by Crippen LogP contribution is 2.39. The molecule has 2 aromatic heterocycles. The van der Waals surface area contributed by atoms with Gasteiger partial charge >= 0.3 is 0 Å². The standard InChI is InChI=1S/C20H19N5OS2/c1-12-2-7-15-16(9-21)19(28-17(15)8-12)24-18(26)14-5-3-13(4-6-14)10-27-20-22-11-23-25-20/h3-6,11-12H,2,7-8,10H2,1H3,(H,24,26)(H,22,23,25)/t12-/m0/s1. The van der Waals surface area contributed by atoms with E-state index in [0.717, 1.165) is 41.3 Å². The molecule has 1 amide bonds. The number of nitrogens with zero attached hydrogens (tertiary/aromatic N) is 3. The van der Waals surface area contributed by atoms with Gasteiger partial charge < -0.3 is 5.32 Å². The van der Waals surface area contributed by atoms with Gasteiger partial charge in [-0.1, -0.05) is 30.8 Å². The van der Waals surface area contributed by atoms with E-state index in [1.54, 1.807) is 23.1 Å². The zero-order chi connectivity index (χ0) is 19.5. The number of anilines is 1. The van der Waals surface area contributed by atoms with Crippen molar-refractivity contribution in [1.82, 2.24) is 15.2 Å². The largest absolute Gasteiger partial charge is 0.312 e. The first-order valence-corrected chi connectivity index (χ1v) is 10.9. The Morgan fingerprint density at radius 3 is 2.96 bits per heavy atom. The van der Waals surface area contributed by atoms with Gasteiger partial charge in [-0.15, -0.1) is 11.3 Å². The molecule has 1 atom stereocenters. The van der Waals surface area contributed by atoms with E-state index < -0.39 is 0 Å². The van der Waals surface area contributed by atoms with Crippen LogP contribution in [0, 0.1) is 17.2 Å². The quantitative estimate of drug-likeness (QED) is 0.609. The molecule has 0 fully saturated rings. The van der Waals surface area contributed by atoms with E-state index in [1.807, 2.05) is 24.3 Å². The summed E-state index contributed by atoms with van der Waals surface area (Å²) < 4.78 is 0. The van der Waals surface area contributed by atoms with Gasteiger partial charge in [-0.2, -0.15) is 10.4 Å². The fraction of sp³-hybridized carbons (Fsp3) is 0.300. The molecular weight excluding hydrogens is 390 g/mol. The summed E-state index contributed by atoms with van der Waals surface area (Å²) in [6, 6.07) is 9.79. The first-order valence-electron chi connectivity index (χ1n) is 9.07. The summed E-state index contributed by atoms with van der Waals surface area (Å²) in [5.74, 6) is 1.19. The van der Waals surface area contributed by atoms with Crippen molar-refractivity contribution in [2.45, 2.75) is 37.1 Å². The normalized spacial score (nSPS) is 15.6. The average Bonchev–Trinajstić information content (AvgIpc) is 3.33. The number of aromatic amines is 1. The SMILES string of the molecule is C[C@H]1CCc2c(sc(NC(=O)c3ccc(CSc4ncn[nH]4)cc3)c2C#N)C1. The van der Waals surface area contributed by atoms with Gasteiger partial charge in [0.15, 0.2) is 5.16 Å². The molecule has 0 spiro atoms. The number of nitriles is 1. The number of thiophene rings is 1. The van der Waals surface area contributed by atoms with Crippen molar-refractivity contribution < 1.29 is 4.79 Å². The number of aromatic nitrogens is 3. The average molecular weight is 410 g/mol. The van der Waals surface area contributed by atoms with E-state index in [4.69, 9.17) is 0 Å². The number of amides is 1. The zero-order valence-corrected chi connectivity index (χ0v) is 17.0. The van der Waals surface area contributed by atoms with Crippen LogP contribution in [0.5, 0.6) is 0 Å². The van der Waals surface area contributed by atoms with Gasteiger partial charge in [-0.25, -0.2) is 4.98 Å². The molecule has 3 aromatic rings. The molecule has 142 valence electrons. The molecule has 6 nitrogen and oxygen atoms in total. The number of fused-ring (bicyclic) bond motifs is 1. The summed E-state index contributed by atoms with van der Waals surface area (Å²) in [6.45, 7) is 2.23. The highest BCUT2D eigenvalue weighted by molar-refractivity contribution is 7.98. The maximum atomic E-state index is 12.7.